The fraction of sp³-hybridized carbons (Fsp3) is 0.800. The summed E-state index contributed by atoms with van der Waals surface area (Å²) < 4.78 is 2.19. The molecule has 1 heterocycles. The molecule has 0 aliphatic heterocycles. The Morgan fingerprint density at radius 1 is 1.33 bits per heavy atom. The topological polar surface area (TPSA) is 29.9 Å². The van der Waals surface area contributed by atoms with Crippen molar-refractivity contribution in [1.82, 2.24) is 15.1 Å². The molecule has 3 heteroatoms. The molecule has 0 aromatic carbocycles. The molecule has 1 aromatic heterocycles. The van der Waals surface area contributed by atoms with Crippen LogP contribution in [0.15, 0.2) is 12.3 Å². The van der Waals surface area contributed by atoms with Gasteiger partial charge in [-0.1, -0.05) is 33.1 Å². The van der Waals surface area contributed by atoms with Crippen LogP contribution in [0.3, 0.4) is 0 Å². The van der Waals surface area contributed by atoms with Gasteiger partial charge >= 0.3 is 0 Å². The van der Waals surface area contributed by atoms with Gasteiger partial charge in [0.25, 0.3) is 0 Å². The van der Waals surface area contributed by atoms with Gasteiger partial charge < -0.3 is 5.32 Å². The molecular formula is C15H27N3. The maximum atomic E-state index is 4.70. The minimum Gasteiger partial charge on any atom is -0.311 e. The maximum absolute atomic E-state index is 4.70. The lowest BCUT2D eigenvalue weighted by Gasteiger charge is -2.21. The predicted molar refractivity (Wildman–Crippen MR) is 75.5 cm³/mol. The van der Waals surface area contributed by atoms with Crippen LogP contribution in [0.5, 0.6) is 0 Å². The van der Waals surface area contributed by atoms with Crippen LogP contribution in [0, 0.1) is 5.92 Å². The lowest BCUT2D eigenvalue weighted by molar-refractivity contribution is 0.327. The molecule has 0 radical (unpaired) electrons. The first kappa shape index (κ1) is 13.6. The van der Waals surface area contributed by atoms with Crippen LogP contribution in [0.2, 0.25) is 0 Å². The second kappa shape index (κ2) is 6.93. The molecule has 1 aliphatic rings. The number of hydrogen-bond donors (Lipinski definition) is 1. The van der Waals surface area contributed by atoms with Gasteiger partial charge in [-0.05, 0) is 37.8 Å². The van der Waals surface area contributed by atoms with Crippen LogP contribution in [0.25, 0.3) is 0 Å². The van der Waals surface area contributed by atoms with Crippen molar-refractivity contribution in [3.63, 3.8) is 0 Å². The normalized spacial score (nSPS) is 17.5. The highest BCUT2D eigenvalue weighted by Gasteiger charge is 2.15. The van der Waals surface area contributed by atoms with Gasteiger partial charge in [0.05, 0.1) is 11.7 Å². The van der Waals surface area contributed by atoms with Crippen LogP contribution in [-0.4, -0.2) is 16.3 Å². The number of aromatic nitrogens is 2. The summed E-state index contributed by atoms with van der Waals surface area (Å²) in [5, 5.41) is 8.18. The molecule has 0 saturated heterocycles. The van der Waals surface area contributed by atoms with Crippen LogP contribution in [0.1, 0.15) is 64.1 Å². The largest absolute Gasteiger partial charge is 0.311 e. The minimum atomic E-state index is 0.656. The third kappa shape index (κ3) is 4.13. The molecule has 0 atom stereocenters. The third-order valence-corrected chi connectivity index (χ3v) is 3.82. The Morgan fingerprint density at radius 2 is 2.11 bits per heavy atom. The highest BCUT2D eigenvalue weighted by Crippen LogP contribution is 2.27. The summed E-state index contributed by atoms with van der Waals surface area (Å²) in [6.07, 6.45) is 10.2. The van der Waals surface area contributed by atoms with Crippen LogP contribution < -0.4 is 5.32 Å². The Bertz CT molecular complexity index is 337. The van der Waals surface area contributed by atoms with E-state index in [1.54, 1.807) is 0 Å². The van der Waals surface area contributed by atoms with Gasteiger partial charge in [-0.2, -0.15) is 5.10 Å². The monoisotopic (exact) mass is 249 g/mol. The Balaban J connectivity index is 1.75. The van der Waals surface area contributed by atoms with E-state index >= 15 is 0 Å². The zero-order chi connectivity index (χ0) is 12.8. The fourth-order valence-electron chi connectivity index (χ4n) is 2.63. The van der Waals surface area contributed by atoms with Gasteiger partial charge in [0.15, 0.2) is 0 Å². The molecule has 0 unspecified atom stereocenters. The van der Waals surface area contributed by atoms with Gasteiger partial charge in [0.1, 0.15) is 0 Å². The van der Waals surface area contributed by atoms with Crippen molar-refractivity contribution in [2.24, 2.45) is 5.92 Å². The van der Waals surface area contributed by atoms with E-state index in [0.717, 1.165) is 19.0 Å². The van der Waals surface area contributed by atoms with E-state index in [4.69, 9.17) is 5.10 Å². The average molecular weight is 249 g/mol. The van der Waals surface area contributed by atoms with Crippen LogP contribution >= 0.6 is 0 Å². The Hall–Kier alpha value is -0.830. The molecule has 1 saturated carbocycles. The molecule has 1 fully saturated rings. The number of nitrogens with one attached hydrogen (secondary N) is 1. The molecular weight excluding hydrogens is 222 g/mol. The molecule has 18 heavy (non-hydrogen) atoms. The Morgan fingerprint density at radius 3 is 2.83 bits per heavy atom. The van der Waals surface area contributed by atoms with E-state index in [9.17, 15) is 0 Å². The van der Waals surface area contributed by atoms with E-state index in [2.05, 4.69) is 36.1 Å². The zero-order valence-corrected chi connectivity index (χ0v) is 11.9. The summed E-state index contributed by atoms with van der Waals surface area (Å²) in [5.74, 6) is 0.775. The second-order valence-corrected chi connectivity index (χ2v) is 5.94. The van der Waals surface area contributed by atoms with Gasteiger partial charge in [0, 0.05) is 12.7 Å². The second-order valence-electron chi connectivity index (χ2n) is 5.94. The smallest absolute Gasteiger partial charge is 0.0762 e. The summed E-state index contributed by atoms with van der Waals surface area (Å²) in [6.45, 7) is 6.53. The van der Waals surface area contributed by atoms with Crippen molar-refractivity contribution in [2.45, 2.75) is 65.0 Å². The maximum Gasteiger partial charge on any atom is 0.0762 e. The van der Waals surface area contributed by atoms with E-state index in [1.165, 1.54) is 44.2 Å². The standard InChI is InChI=1S/C15H27N3/c1-13(2)8-10-16-12-14-9-11-18(17-14)15-6-4-3-5-7-15/h9,11,13,15-16H,3-8,10,12H2,1-2H3. The first-order chi connectivity index (χ1) is 8.75. The van der Waals surface area contributed by atoms with E-state index in [1.807, 2.05) is 0 Å². The van der Waals surface area contributed by atoms with Gasteiger partial charge in [-0.3, -0.25) is 4.68 Å². The lowest BCUT2D eigenvalue weighted by Crippen LogP contribution is -2.18. The molecule has 3 nitrogen and oxygen atoms in total. The summed E-state index contributed by atoms with van der Waals surface area (Å²) in [6, 6.07) is 2.82. The molecule has 1 aromatic rings. The SMILES string of the molecule is CC(C)CCNCc1ccn(C2CCCCC2)n1. The van der Waals surface area contributed by atoms with Crippen molar-refractivity contribution in [3.8, 4) is 0 Å². The molecule has 0 spiro atoms. The van der Waals surface area contributed by atoms with Crippen molar-refractivity contribution >= 4 is 0 Å². The summed E-state index contributed by atoms with van der Waals surface area (Å²) in [5.41, 5.74) is 1.18. The van der Waals surface area contributed by atoms with E-state index < -0.39 is 0 Å². The summed E-state index contributed by atoms with van der Waals surface area (Å²) in [4.78, 5) is 0. The Labute approximate surface area is 111 Å². The van der Waals surface area contributed by atoms with E-state index in [-0.39, 0.29) is 0 Å². The van der Waals surface area contributed by atoms with E-state index in [0.29, 0.717) is 6.04 Å². The van der Waals surface area contributed by atoms with Crippen LogP contribution in [-0.2, 0) is 6.54 Å². The lowest BCUT2D eigenvalue weighted by atomic mass is 9.96. The number of nitrogens with zero attached hydrogens (tertiary/aromatic N) is 2. The van der Waals surface area contributed by atoms with Crippen molar-refractivity contribution < 1.29 is 0 Å². The first-order valence-corrected chi connectivity index (χ1v) is 7.50. The average Bonchev–Trinajstić information content (AvgIpc) is 2.84. The summed E-state index contributed by atoms with van der Waals surface area (Å²) in [7, 11) is 0. The summed E-state index contributed by atoms with van der Waals surface area (Å²) >= 11 is 0. The van der Waals surface area contributed by atoms with Crippen LogP contribution in [0.4, 0.5) is 0 Å². The molecule has 102 valence electrons. The third-order valence-electron chi connectivity index (χ3n) is 3.82. The molecule has 0 bridgehead atoms. The predicted octanol–water partition coefficient (Wildman–Crippen LogP) is 3.52. The molecule has 0 amide bonds. The highest BCUT2D eigenvalue weighted by atomic mass is 15.3. The first-order valence-electron chi connectivity index (χ1n) is 7.50. The van der Waals surface area contributed by atoms with Gasteiger partial charge in [0.2, 0.25) is 0 Å². The quantitative estimate of drug-likeness (QED) is 0.782. The van der Waals surface area contributed by atoms with Gasteiger partial charge in [-0.25, -0.2) is 0 Å². The van der Waals surface area contributed by atoms with Crippen molar-refractivity contribution in [3.05, 3.63) is 18.0 Å². The Kier molecular flexibility index (Phi) is 5.24. The number of hydrogen-bond acceptors (Lipinski definition) is 2. The van der Waals surface area contributed by atoms with Crippen molar-refractivity contribution in [1.29, 1.82) is 0 Å². The molecule has 2 rings (SSSR count). The van der Waals surface area contributed by atoms with Crippen molar-refractivity contribution in [2.75, 3.05) is 6.54 Å². The molecule has 1 N–H and O–H groups in total. The fourth-order valence-corrected chi connectivity index (χ4v) is 2.63. The number of rotatable bonds is 6. The zero-order valence-electron chi connectivity index (χ0n) is 11.9. The molecule has 1 aliphatic carbocycles. The minimum absolute atomic E-state index is 0.656. The van der Waals surface area contributed by atoms with Gasteiger partial charge in [-0.15, -0.1) is 0 Å². The highest BCUT2D eigenvalue weighted by molar-refractivity contribution is 4.99.